The van der Waals surface area contributed by atoms with Crippen LogP contribution < -0.4 is 5.32 Å². The first-order chi connectivity index (χ1) is 7.60. The van der Waals surface area contributed by atoms with Crippen molar-refractivity contribution >= 4 is 21.2 Å². The number of hydrogen-bond acceptors (Lipinski definition) is 5. The lowest BCUT2D eigenvalue weighted by Gasteiger charge is -2.26. The fraction of sp³-hybridized carbons (Fsp3) is 0.700. The van der Waals surface area contributed by atoms with Crippen LogP contribution in [-0.2, 0) is 15.4 Å². The molecule has 1 aliphatic heterocycles. The molecule has 0 radical (unpaired) electrons. The SMILES string of the molecule is O=S1(=O)CCC(NC2CC2)(c2nccs2)C1. The topological polar surface area (TPSA) is 59.1 Å². The summed E-state index contributed by atoms with van der Waals surface area (Å²) in [6.07, 6.45) is 4.74. The molecule has 1 saturated carbocycles. The summed E-state index contributed by atoms with van der Waals surface area (Å²) in [7, 11) is -2.89. The van der Waals surface area contributed by atoms with Crippen molar-refractivity contribution in [3.05, 3.63) is 16.6 Å². The van der Waals surface area contributed by atoms with Gasteiger partial charge in [-0.3, -0.25) is 0 Å². The smallest absolute Gasteiger partial charge is 0.152 e. The third-order valence-electron chi connectivity index (χ3n) is 3.21. The lowest BCUT2D eigenvalue weighted by atomic mass is 10.00. The van der Waals surface area contributed by atoms with Gasteiger partial charge in [-0.2, -0.15) is 0 Å². The third-order valence-corrected chi connectivity index (χ3v) is 5.94. The summed E-state index contributed by atoms with van der Waals surface area (Å²) >= 11 is 1.55. The van der Waals surface area contributed by atoms with Crippen LogP contribution in [0.3, 0.4) is 0 Å². The summed E-state index contributed by atoms with van der Waals surface area (Å²) in [4.78, 5) is 4.31. The van der Waals surface area contributed by atoms with Crippen LogP contribution in [0.5, 0.6) is 0 Å². The van der Waals surface area contributed by atoms with E-state index in [1.807, 2.05) is 5.38 Å². The van der Waals surface area contributed by atoms with Crippen molar-refractivity contribution in [2.45, 2.75) is 30.8 Å². The van der Waals surface area contributed by atoms with E-state index in [1.54, 1.807) is 17.5 Å². The zero-order valence-electron chi connectivity index (χ0n) is 8.85. The van der Waals surface area contributed by atoms with Crippen molar-refractivity contribution in [1.82, 2.24) is 10.3 Å². The summed E-state index contributed by atoms with van der Waals surface area (Å²) in [6, 6.07) is 0.497. The van der Waals surface area contributed by atoms with E-state index in [1.165, 1.54) is 0 Å². The molecule has 2 aliphatic rings. The molecule has 16 heavy (non-hydrogen) atoms. The van der Waals surface area contributed by atoms with Gasteiger partial charge in [0.1, 0.15) is 5.01 Å². The summed E-state index contributed by atoms with van der Waals surface area (Å²) in [5.41, 5.74) is -0.395. The molecule has 0 spiro atoms. The van der Waals surface area contributed by atoms with Crippen molar-refractivity contribution in [2.24, 2.45) is 0 Å². The molecule has 0 aromatic carbocycles. The Morgan fingerprint density at radius 1 is 1.50 bits per heavy atom. The number of rotatable bonds is 3. The third kappa shape index (κ3) is 1.89. The average molecular weight is 258 g/mol. The van der Waals surface area contributed by atoms with Crippen molar-refractivity contribution in [1.29, 1.82) is 0 Å². The minimum Gasteiger partial charge on any atom is -0.302 e. The highest BCUT2D eigenvalue weighted by Crippen LogP contribution is 2.38. The fourth-order valence-corrected chi connectivity index (χ4v) is 5.11. The molecule has 1 N–H and O–H groups in total. The van der Waals surface area contributed by atoms with Crippen molar-refractivity contribution in [3.8, 4) is 0 Å². The fourth-order valence-electron chi connectivity index (χ4n) is 2.27. The Bertz CT molecular complexity index is 479. The van der Waals surface area contributed by atoms with E-state index in [4.69, 9.17) is 0 Å². The molecule has 2 heterocycles. The van der Waals surface area contributed by atoms with Crippen LogP contribution in [0.1, 0.15) is 24.3 Å². The molecule has 1 saturated heterocycles. The molecule has 0 bridgehead atoms. The summed E-state index contributed by atoms with van der Waals surface area (Å²) in [5.74, 6) is 0.496. The normalized spacial score (nSPS) is 33.0. The number of thiazole rings is 1. The predicted octanol–water partition coefficient (Wildman–Crippen LogP) is 0.909. The van der Waals surface area contributed by atoms with Gasteiger partial charge in [0.15, 0.2) is 9.84 Å². The van der Waals surface area contributed by atoms with E-state index in [-0.39, 0.29) is 11.5 Å². The standard InChI is InChI=1S/C10H14N2O2S2/c13-16(14)6-3-10(7-16,12-8-1-2-8)9-11-4-5-15-9/h4-5,8,12H,1-3,6-7H2. The maximum absolute atomic E-state index is 11.7. The summed E-state index contributed by atoms with van der Waals surface area (Å²) in [5, 5.41) is 6.34. The summed E-state index contributed by atoms with van der Waals surface area (Å²) in [6.45, 7) is 0. The van der Waals surface area contributed by atoms with Gasteiger partial charge in [-0.15, -0.1) is 11.3 Å². The quantitative estimate of drug-likeness (QED) is 0.875. The highest BCUT2D eigenvalue weighted by molar-refractivity contribution is 7.91. The van der Waals surface area contributed by atoms with Crippen LogP contribution in [0.4, 0.5) is 0 Å². The molecule has 3 rings (SSSR count). The van der Waals surface area contributed by atoms with Crippen LogP contribution in [-0.4, -0.2) is 30.9 Å². The van der Waals surface area contributed by atoms with E-state index in [2.05, 4.69) is 10.3 Å². The maximum atomic E-state index is 11.7. The summed E-state index contributed by atoms with van der Waals surface area (Å²) < 4.78 is 23.4. The van der Waals surface area contributed by atoms with E-state index in [9.17, 15) is 8.42 Å². The van der Waals surface area contributed by atoms with Crippen LogP contribution in [0.15, 0.2) is 11.6 Å². The molecular formula is C10H14N2O2S2. The largest absolute Gasteiger partial charge is 0.302 e. The van der Waals surface area contributed by atoms with E-state index in [0.29, 0.717) is 12.5 Å². The monoisotopic (exact) mass is 258 g/mol. The van der Waals surface area contributed by atoms with Gasteiger partial charge in [0.2, 0.25) is 0 Å². The minimum absolute atomic E-state index is 0.212. The Hall–Kier alpha value is -0.460. The van der Waals surface area contributed by atoms with E-state index < -0.39 is 15.4 Å². The molecule has 1 atom stereocenters. The first-order valence-corrected chi connectivity index (χ1v) is 8.18. The molecule has 1 unspecified atom stereocenters. The van der Waals surface area contributed by atoms with Gasteiger partial charge in [-0.25, -0.2) is 13.4 Å². The molecule has 2 fully saturated rings. The number of nitrogens with one attached hydrogen (secondary N) is 1. The lowest BCUT2D eigenvalue weighted by Crippen LogP contribution is -2.44. The molecule has 1 aromatic heterocycles. The predicted molar refractivity (Wildman–Crippen MR) is 63.2 cm³/mol. The van der Waals surface area contributed by atoms with Gasteiger partial charge >= 0.3 is 0 Å². The Kier molecular flexibility index (Phi) is 2.35. The molecular weight excluding hydrogens is 244 g/mol. The van der Waals surface area contributed by atoms with Gasteiger partial charge in [0.25, 0.3) is 0 Å². The molecule has 6 heteroatoms. The Labute approximate surface area is 99.0 Å². The van der Waals surface area contributed by atoms with E-state index in [0.717, 1.165) is 17.8 Å². The maximum Gasteiger partial charge on any atom is 0.152 e. The van der Waals surface area contributed by atoms with Crippen LogP contribution in [0, 0.1) is 0 Å². The number of sulfone groups is 1. The van der Waals surface area contributed by atoms with E-state index >= 15 is 0 Å². The van der Waals surface area contributed by atoms with Crippen LogP contribution in [0.25, 0.3) is 0 Å². The molecule has 1 aromatic rings. The molecule has 88 valence electrons. The van der Waals surface area contributed by atoms with Gasteiger partial charge in [-0.05, 0) is 19.3 Å². The first-order valence-electron chi connectivity index (χ1n) is 5.48. The highest BCUT2D eigenvalue weighted by Gasteiger charge is 2.47. The molecule has 4 nitrogen and oxygen atoms in total. The lowest BCUT2D eigenvalue weighted by molar-refractivity contribution is 0.369. The molecule has 1 aliphatic carbocycles. The molecule has 0 amide bonds. The number of nitrogens with zero attached hydrogens (tertiary/aromatic N) is 1. The van der Waals surface area contributed by atoms with Gasteiger partial charge in [0, 0.05) is 17.6 Å². The van der Waals surface area contributed by atoms with Crippen molar-refractivity contribution in [3.63, 3.8) is 0 Å². The minimum atomic E-state index is -2.89. The van der Waals surface area contributed by atoms with Crippen LogP contribution >= 0.6 is 11.3 Å². The van der Waals surface area contributed by atoms with Gasteiger partial charge in [-0.1, -0.05) is 0 Å². The zero-order chi connectivity index (χ0) is 11.2. The Balaban J connectivity index is 1.95. The number of hydrogen-bond donors (Lipinski definition) is 1. The second-order valence-corrected chi connectivity index (χ2v) is 7.76. The van der Waals surface area contributed by atoms with Gasteiger partial charge < -0.3 is 5.32 Å². The van der Waals surface area contributed by atoms with Gasteiger partial charge in [0.05, 0.1) is 17.0 Å². The van der Waals surface area contributed by atoms with Crippen molar-refractivity contribution in [2.75, 3.05) is 11.5 Å². The van der Waals surface area contributed by atoms with Crippen LogP contribution in [0.2, 0.25) is 0 Å². The Morgan fingerprint density at radius 2 is 2.31 bits per heavy atom. The average Bonchev–Trinajstić information content (AvgIpc) is 2.77. The zero-order valence-corrected chi connectivity index (χ0v) is 10.5. The highest BCUT2D eigenvalue weighted by atomic mass is 32.2. The first kappa shape index (κ1) is 10.7. The number of aromatic nitrogens is 1. The second-order valence-electron chi connectivity index (χ2n) is 4.68. The van der Waals surface area contributed by atoms with Crippen molar-refractivity contribution < 1.29 is 8.42 Å². The second kappa shape index (κ2) is 3.51. The Morgan fingerprint density at radius 3 is 2.81 bits per heavy atom.